The lowest BCUT2D eigenvalue weighted by Crippen LogP contribution is -2.09. The molecule has 0 amide bonds. The number of carboxylic acids is 1. The lowest BCUT2D eigenvalue weighted by Gasteiger charge is -2.11. The van der Waals surface area contributed by atoms with E-state index in [0.717, 1.165) is 0 Å². The van der Waals surface area contributed by atoms with E-state index in [1.807, 2.05) is 0 Å². The maximum absolute atomic E-state index is 14.2. The number of carbonyl (C=O) groups is 1. The predicted molar refractivity (Wildman–Crippen MR) is 59.6 cm³/mol. The summed E-state index contributed by atoms with van der Waals surface area (Å²) in [5.74, 6) is -0.948. The molecule has 0 saturated carbocycles. The van der Waals surface area contributed by atoms with Gasteiger partial charge in [0.25, 0.3) is 0 Å². The number of alkyl halides is 1. The molecule has 0 aliphatic heterocycles. The number of halogens is 1. The number of nitrogens with zero attached hydrogens (tertiary/aromatic N) is 2. The second kappa shape index (κ2) is 4.37. The van der Waals surface area contributed by atoms with Crippen molar-refractivity contribution in [3.63, 3.8) is 0 Å². The molecule has 0 fully saturated rings. The molecule has 1 aromatic heterocycles. The van der Waals surface area contributed by atoms with Gasteiger partial charge in [0.2, 0.25) is 0 Å². The molecule has 0 bridgehead atoms. The van der Waals surface area contributed by atoms with Crippen LogP contribution in [0.5, 0.6) is 0 Å². The summed E-state index contributed by atoms with van der Waals surface area (Å²) in [6.45, 7) is 0. The van der Waals surface area contributed by atoms with Gasteiger partial charge >= 0.3 is 5.97 Å². The fourth-order valence-corrected chi connectivity index (χ4v) is 1.67. The van der Waals surface area contributed by atoms with Crippen LogP contribution >= 0.6 is 0 Å². The highest BCUT2D eigenvalue weighted by molar-refractivity contribution is 5.89. The zero-order chi connectivity index (χ0) is 12.4. The van der Waals surface area contributed by atoms with Crippen molar-refractivity contribution in [1.29, 1.82) is 0 Å². The number of benzene rings is 1. The number of hydrogen-bond acceptors (Lipinski definition) is 2. The first-order valence-corrected chi connectivity index (χ1v) is 5.04. The minimum absolute atomic E-state index is 0.0389. The van der Waals surface area contributed by atoms with Crippen molar-refractivity contribution in [2.75, 3.05) is 0 Å². The SMILES string of the molecule is Cn1ccnc1C(F)c1ccccc1C(=O)O. The maximum atomic E-state index is 14.2. The van der Waals surface area contributed by atoms with Crippen LogP contribution in [0, 0.1) is 0 Å². The average Bonchev–Trinajstić information content (AvgIpc) is 2.74. The van der Waals surface area contributed by atoms with E-state index in [4.69, 9.17) is 5.11 Å². The van der Waals surface area contributed by atoms with Crippen LogP contribution in [-0.4, -0.2) is 20.6 Å². The summed E-state index contributed by atoms with van der Waals surface area (Å²) in [5, 5.41) is 8.99. The summed E-state index contributed by atoms with van der Waals surface area (Å²) in [6, 6.07) is 6.02. The van der Waals surface area contributed by atoms with Gasteiger partial charge in [0.05, 0.1) is 5.56 Å². The van der Waals surface area contributed by atoms with Gasteiger partial charge in [0, 0.05) is 25.0 Å². The Morgan fingerprint density at radius 1 is 1.47 bits per heavy atom. The minimum Gasteiger partial charge on any atom is -0.478 e. The highest BCUT2D eigenvalue weighted by Gasteiger charge is 2.22. The fraction of sp³-hybridized carbons (Fsp3) is 0.167. The molecule has 17 heavy (non-hydrogen) atoms. The van der Waals surface area contributed by atoms with Crippen molar-refractivity contribution in [2.45, 2.75) is 6.17 Å². The summed E-state index contributed by atoms with van der Waals surface area (Å²) in [4.78, 5) is 14.9. The second-order valence-electron chi connectivity index (χ2n) is 3.65. The van der Waals surface area contributed by atoms with Crippen LogP contribution in [0.3, 0.4) is 0 Å². The van der Waals surface area contributed by atoms with Gasteiger partial charge in [0.15, 0.2) is 6.17 Å². The van der Waals surface area contributed by atoms with E-state index < -0.39 is 12.1 Å². The van der Waals surface area contributed by atoms with Crippen molar-refractivity contribution in [3.05, 3.63) is 53.6 Å². The van der Waals surface area contributed by atoms with E-state index in [2.05, 4.69) is 4.98 Å². The number of rotatable bonds is 3. The number of aromatic nitrogens is 2. The molecule has 0 aliphatic carbocycles. The zero-order valence-electron chi connectivity index (χ0n) is 9.17. The molecule has 0 saturated heterocycles. The molecular weight excluding hydrogens is 223 g/mol. The van der Waals surface area contributed by atoms with Crippen LogP contribution in [0.1, 0.15) is 27.9 Å². The Morgan fingerprint density at radius 2 is 2.18 bits per heavy atom. The van der Waals surface area contributed by atoms with Crippen LogP contribution in [0.15, 0.2) is 36.7 Å². The Bertz CT molecular complexity index is 551. The molecule has 2 aromatic rings. The van der Waals surface area contributed by atoms with Crippen LogP contribution in [0.2, 0.25) is 0 Å². The number of aromatic carboxylic acids is 1. The largest absolute Gasteiger partial charge is 0.478 e. The third-order valence-corrected chi connectivity index (χ3v) is 2.55. The standard InChI is InChI=1S/C12H11FN2O2/c1-15-7-6-14-11(15)10(13)8-4-2-3-5-9(8)12(16)17/h2-7,10H,1H3,(H,16,17). The van der Waals surface area contributed by atoms with Crippen molar-refractivity contribution < 1.29 is 14.3 Å². The molecule has 5 heteroatoms. The van der Waals surface area contributed by atoms with E-state index in [1.165, 1.54) is 22.9 Å². The highest BCUT2D eigenvalue weighted by Crippen LogP contribution is 2.27. The van der Waals surface area contributed by atoms with Gasteiger partial charge in [-0.3, -0.25) is 0 Å². The normalized spacial score (nSPS) is 12.4. The predicted octanol–water partition coefficient (Wildman–Crippen LogP) is 2.18. The molecule has 0 aliphatic rings. The van der Waals surface area contributed by atoms with Crippen molar-refractivity contribution in [2.24, 2.45) is 7.05 Å². The highest BCUT2D eigenvalue weighted by atomic mass is 19.1. The van der Waals surface area contributed by atoms with Crippen LogP contribution in [0.4, 0.5) is 4.39 Å². The molecule has 2 rings (SSSR count). The molecule has 1 atom stereocenters. The lowest BCUT2D eigenvalue weighted by atomic mass is 10.0. The number of imidazole rings is 1. The van der Waals surface area contributed by atoms with E-state index in [1.54, 1.807) is 25.4 Å². The Morgan fingerprint density at radius 3 is 2.76 bits per heavy atom. The smallest absolute Gasteiger partial charge is 0.336 e. The third-order valence-electron chi connectivity index (χ3n) is 2.55. The first-order valence-electron chi connectivity index (χ1n) is 5.04. The van der Waals surface area contributed by atoms with Crippen molar-refractivity contribution in [1.82, 2.24) is 9.55 Å². The van der Waals surface area contributed by atoms with E-state index in [-0.39, 0.29) is 17.0 Å². The zero-order valence-corrected chi connectivity index (χ0v) is 9.17. The molecule has 4 nitrogen and oxygen atoms in total. The maximum Gasteiger partial charge on any atom is 0.336 e. The molecular formula is C12H11FN2O2. The Labute approximate surface area is 97.3 Å². The topological polar surface area (TPSA) is 55.1 Å². The monoisotopic (exact) mass is 234 g/mol. The number of aryl methyl sites for hydroxylation is 1. The van der Waals surface area contributed by atoms with Crippen molar-refractivity contribution in [3.8, 4) is 0 Å². The van der Waals surface area contributed by atoms with Crippen LogP contribution in [-0.2, 0) is 7.05 Å². The third kappa shape index (κ3) is 2.04. The van der Waals surface area contributed by atoms with Gasteiger partial charge in [-0.1, -0.05) is 18.2 Å². The summed E-state index contributed by atoms with van der Waals surface area (Å²) in [5.41, 5.74) is 0.0808. The van der Waals surface area contributed by atoms with Crippen LogP contribution < -0.4 is 0 Å². The quantitative estimate of drug-likeness (QED) is 0.885. The van der Waals surface area contributed by atoms with Gasteiger partial charge < -0.3 is 9.67 Å². The Kier molecular flexibility index (Phi) is 2.91. The molecule has 1 aromatic carbocycles. The van der Waals surface area contributed by atoms with Crippen LogP contribution in [0.25, 0.3) is 0 Å². The molecule has 1 heterocycles. The molecule has 1 unspecified atom stereocenters. The van der Waals surface area contributed by atoms with Gasteiger partial charge in [0.1, 0.15) is 5.82 Å². The van der Waals surface area contributed by atoms with E-state index >= 15 is 0 Å². The van der Waals surface area contributed by atoms with Gasteiger partial charge in [-0.2, -0.15) is 0 Å². The lowest BCUT2D eigenvalue weighted by molar-refractivity contribution is 0.0694. The number of carboxylic acid groups (broad SMARTS) is 1. The van der Waals surface area contributed by atoms with Gasteiger partial charge in [-0.25, -0.2) is 14.2 Å². The second-order valence-corrected chi connectivity index (χ2v) is 3.65. The first kappa shape index (κ1) is 11.3. The minimum atomic E-state index is -1.54. The Hall–Kier alpha value is -2.17. The van der Waals surface area contributed by atoms with E-state index in [0.29, 0.717) is 0 Å². The fourth-order valence-electron chi connectivity index (χ4n) is 1.67. The molecule has 1 N–H and O–H groups in total. The van der Waals surface area contributed by atoms with Gasteiger partial charge in [-0.05, 0) is 6.07 Å². The summed E-state index contributed by atoms with van der Waals surface area (Å²) in [7, 11) is 1.66. The molecule has 88 valence electrons. The van der Waals surface area contributed by atoms with Crippen molar-refractivity contribution >= 4 is 5.97 Å². The van der Waals surface area contributed by atoms with Gasteiger partial charge in [-0.15, -0.1) is 0 Å². The average molecular weight is 234 g/mol. The summed E-state index contributed by atoms with van der Waals surface area (Å²) < 4.78 is 15.8. The Balaban J connectivity index is 2.48. The summed E-state index contributed by atoms with van der Waals surface area (Å²) >= 11 is 0. The first-order chi connectivity index (χ1) is 8.11. The molecule has 0 radical (unpaired) electrons. The van der Waals surface area contributed by atoms with E-state index in [9.17, 15) is 9.18 Å². The number of hydrogen-bond donors (Lipinski definition) is 1. The molecule has 0 spiro atoms. The summed E-state index contributed by atoms with van der Waals surface area (Å²) in [6.07, 6.45) is 1.55.